The van der Waals surface area contributed by atoms with Gasteiger partial charge in [0.25, 0.3) is 0 Å². The molecule has 80 valence electrons. The van der Waals surface area contributed by atoms with Gasteiger partial charge >= 0.3 is 0 Å². The second-order valence-corrected chi connectivity index (χ2v) is 3.22. The van der Waals surface area contributed by atoms with E-state index in [0.717, 1.165) is 0 Å². The van der Waals surface area contributed by atoms with Crippen LogP contribution in [0.2, 0.25) is 0 Å². The Hall–Kier alpha value is -2.36. The fourth-order valence-corrected chi connectivity index (χ4v) is 1.42. The molecule has 2 rings (SSSR count). The Balaban J connectivity index is 2.33. The van der Waals surface area contributed by atoms with Gasteiger partial charge in [0.15, 0.2) is 12.1 Å². The van der Waals surface area contributed by atoms with Crippen molar-refractivity contribution < 1.29 is 9.59 Å². The Morgan fingerprint density at radius 2 is 1.69 bits per heavy atom. The third-order valence-corrected chi connectivity index (χ3v) is 2.21. The minimum absolute atomic E-state index is 0.0937. The summed E-state index contributed by atoms with van der Waals surface area (Å²) in [5, 5.41) is 5.59. The van der Waals surface area contributed by atoms with Gasteiger partial charge in [-0.25, -0.2) is 0 Å². The van der Waals surface area contributed by atoms with Gasteiger partial charge in [0.1, 0.15) is 11.4 Å². The molecule has 0 bridgehead atoms. The molecular formula is C12H10N2O2. The van der Waals surface area contributed by atoms with Crippen LogP contribution in [0.4, 0.5) is 0 Å². The first kappa shape index (κ1) is 10.2. The topological polar surface area (TPSA) is 58.2 Å². The molecule has 0 spiro atoms. The fraction of sp³-hybridized carbons (Fsp3) is 0. The van der Waals surface area contributed by atoms with E-state index in [1.54, 1.807) is 36.7 Å². The molecule has 2 N–H and O–H groups in total. The predicted octanol–water partition coefficient (Wildman–Crippen LogP) is 0.944. The molecule has 1 heterocycles. The molecule has 4 heteroatoms. The summed E-state index contributed by atoms with van der Waals surface area (Å²) in [6.07, 6.45) is 3.80. The molecule has 0 fully saturated rings. The van der Waals surface area contributed by atoms with Crippen molar-refractivity contribution in [3.63, 3.8) is 0 Å². The summed E-state index contributed by atoms with van der Waals surface area (Å²) in [5.41, 5.74) is 0.587. The Labute approximate surface area is 92.7 Å². The Bertz CT molecular complexity index is 465. The quantitative estimate of drug-likeness (QED) is 0.258. The standard InChI is InChI=1S/C12H10N2O2/c15-8-10(12-13-6-7-14-12)11(16)9-4-2-1-3-5-9/h1-8,13-14H. The number of benzene rings is 1. The summed E-state index contributed by atoms with van der Waals surface area (Å²) in [6, 6.07) is 8.68. The number of allylic oxidation sites excluding steroid dienone is 1. The smallest absolute Gasteiger partial charge is 0.199 e. The zero-order valence-electron chi connectivity index (χ0n) is 8.44. The summed E-state index contributed by atoms with van der Waals surface area (Å²) >= 11 is 0. The Morgan fingerprint density at radius 3 is 2.25 bits per heavy atom. The first-order chi connectivity index (χ1) is 7.83. The maximum absolute atomic E-state index is 12.0. The highest BCUT2D eigenvalue weighted by Crippen LogP contribution is 2.09. The molecule has 0 saturated heterocycles. The number of Topliss-reactive ketones (excluding diaryl/α,β-unsaturated/α-hetero) is 1. The molecule has 0 saturated carbocycles. The normalized spacial score (nSPS) is 12.9. The molecule has 16 heavy (non-hydrogen) atoms. The molecule has 1 aliphatic heterocycles. The van der Waals surface area contributed by atoms with Gasteiger partial charge in [-0.05, 0) is 0 Å². The van der Waals surface area contributed by atoms with Gasteiger partial charge in [-0.1, -0.05) is 30.3 Å². The molecule has 0 radical (unpaired) electrons. The Kier molecular flexibility index (Phi) is 2.82. The molecule has 0 unspecified atom stereocenters. The highest BCUT2D eigenvalue weighted by Gasteiger charge is 2.17. The maximum atomic E-state index is 12.0. The van der Waals surface area contributed by atoms with Crippen LogP contribution in [0.3, 0.4) is 0 Å². The van der Waals surface area contributed by atoms with E-state index in [4.69, 9.17) is 0 Å². The van der Waals surface area contributed by atoms with Gasteiger partial charge in [0.2, 0.25) is 0 Å². The minimum atomic E-state index is -0.297. The molecule has 1 aliphatic rings. The van der Waals surface area contributed by atoms with Crippen LogP contribution >= 0.6 is 0 Å². The zero-order valence-corrected chi connectivity index (χ0v) is 8.44. The second-order valence-electron chi connectivity index (χ2n) is 3.22. The van der Waals surface area contributed by atoms with Gasteiger partial charge in [-0.15, -0.1) is 0 Å². The average Bonchev–Trinajstić information content (AvgIpc) is 2.85. The van der Waals surface area contributed by atoms with E-state index in [-0.39, 0.29) is 11.4 Å². The van der Waals surface area contributed by atoms with Crippen molar-refractivity contribution in [1.29, 1.82) is 0 Å². The van der Waals surface area contributed by atoms with E-state index in [2.05, 4.69) is 10.6 Å². The lowest BCUT2D eigenvalue weighted by molar-refractivity contribution is -0.104. The van der Waals surface area contributed by atoms with Crippen LogP contribution in [0.5, 0.6) is 0 Å². The van der Waals surface area contributed by atoms with Gasteiger partial charge < -0.3 is 10.6 Å². The van der Waals surface area contributed by atoms with Crippen molar-refractivity contribution in [3.05, 3.63) is 59.7 Å². The Morgan fingerprint density at radius 1 is 1.06 bits per heavy atom. The number of rotatable bonds is 3. The number of carbonyl (C=O) groups excluding carboxylic acids is 2. The third-order valence-electron chi connectivity index (χ3n) is 2.21. The van der Waals surface area contributed by atoms with Crippen molar-refractivity contribution in [2.24, 2.45) is 0 Å². The van der Waals surface area contributed by atoms with Crippen LogP contribution in [0.25, 0.3) is 0 Å². The van der Waals surface area contributed by atoms with E-state index < -0.39 is 0 Å². The van der Waals surface area contributed by atoms with Gasteiger partial charge in [0, 0.05) is 18.0 Å². The summed E-state index contributed by atoms with van der Waals surface area (Å²) in [4.78, 5) is 22.9. The average molecular weight is 214 g/mol. The molecule has 4 nitrogen and oxygen atoms in total. The van der Waals surface area contributed by atoms with Gasteiger partial charge in [0.05, 0.1) is 0 Å². The van der Waals surface area contributed by atoms with Crippen molar-refractivity contribution in [1.82, 2.24) is 10.6 Å². The molecule has 0 atom stereocenters. The fourth-order valence-electron chi connectivity index (χ4n) is 1.42. The first-order valence-corrected chi connectivity index (χ1v) is 4.80. The van der Waals surface area contributed by atoms with E-state index in [1.807, 2.05) is 6.07 Å². The first-order valence-electron chi connectivity index (χ1n) is 4.80. The molecule has 1 aromatic rings. The van der Waals surface area contributed by atoms with Crippen LogP contribution in [-0.4, -0.2) is 12.1 Å². The lowest BCUT2D eigenvalue weighted by Crippen LogP contribution is -2.19. The SMILES string of the molecule is O=CC(C(=O)c1ccccc1)=C1NC=CN1. The lowest BCUT2D eigenvalue weighted by Gasteiger charge is -2.05. The number of aldehydes is 1. The molecule has 0 aromatic heterocycles. The summed E-state index contributed by atoms with van der Waals surface area (Å²) in [5.74, 6) is 0.123. The van der Waals surface area contributed by atoms with Crippen LogP contribution < -0.4 is 10.6 Å². The highest BCUT2D eigenvalue weighted by atomic mass is 16.1. The largest absolute Gasteiger partial charge is 0.346 e. The number of nitrogens with one attached hydrogen (secondary N) is 2. The maximum Gasteiger partial charge on any atom is 0.199 e. The van der Waals surface area contributed by atoms with Gasteiger partial charge in [-0.2, -0.15) is 0 Å². The highest BCUT2D eigenvalue weighted by molar-refractivity contribution is 6.20. The number of carbonyl (C=O) groups is 2. The number of hydrogen-bond donors (Lipinski definition) is 2. The summed E-state index contributed by atoms with van der Waals surface area (Å²) in [6.45, 7) is 0. The zero-order chi connectivity index (χ0) is 11.4. The van der Waals surface area contributed by atoms with Crippen molar-refractivity contribution in [2.45, 2.75) is 0 Å². The molecule has 1 aromatic carbocycles. The minimum Gasteiger partial charge on any atom is -0.346 e. The summed E-state index contributed by atoms with van der Waals surface area (Å²) < 4.78 is 0. The summed E-state index contributed by atoms with van der Waals surface area (Å²) in [7, 11) is 0. The van der Waals surface area contributed by atoms with Crippen molar-refractivity contribution in [3.8, 4) is 0 Å². The van der Waals surface area contributed by atoms with Crippen LogP contribution in [0.15, 0.2) is 54.1 Å². The number of ketones is 1. The van der Waals surface area contributed by atoms with Crippen LogP contribution in [0.1, 0.15) is 10.4 Å². The van der Waals surface area contributed by atoms with Crippen molar-refractivity contribution >= 4 is 12.1 Å². The van der Waals surface area contributed by atoms with Gasteiger partial charge in [-0.3, -0.25) is 9.59 Å². The number of hydrogen-bond acceptors (Lipinski definition) is 4. The molecule has 0 aliphatic carbocycles. The lowest BCUT2D eigenvalue weighted by atomic mass is 10.0. The third kappa shape index (κ3) is 1.86. The van der Waals surface area contributed by atoms with E-state index >= 15 is 0 Å². The molecule has 0 amide bonds. The second kappa shape index (κ2) is 4.44. The van der Waals surface area contributed by atoms with E-state index in [1.165, 1.54) is 0 Å². The predicted molar refractivity (Wildman–Crippen MR) is 59.3 cm³/mol. The van der Waals surface area contributed by atoms with Crippen LogP contribution in [-0.2, 0) is 4.79 Å². The van der Waals surface area contributed by atoms with E-state index in [0.29, 0.717) is 17.7 Å². The van der Waals surface area contributed by atoms with E-state index in [9.17, 15) is 9.59 Å². The molecular weight excluding hydrogens is 204 g/mol. The van der Waals surface area contributed by atoms with Crippen LogP contribution in [0, 0.1) is 0 Å². The van der Waals surface area contributed by atoms with Crippen molar-refractivity contribution in [2.75, 3.05) is 0 Å². The monoisotopic (exact) mass is 214 g/mol.